The first-order valence-electron chi connectivity index (χ1n) is 5.61. The summed E-state index contributed by atoms with van der Waals surface area (Å²) in [5, 5.41) is 10.2. The van der Waals surface area contributed by atoms with E-state index in [0.717, 1.165) is 0 Å². The molecule has 0 aliphatic heterocycles. The smallest absolute Gasteiger partial charge is 0.344 e. The standard InChI is InChI=1S/C13H17FO4/c1-4-18-12(15)11(14)13(2,16)9-7-5-6-8-10(9)17-3/h5-8,11,16H,4H2,1-3H3. The zero-order chi connectivity index (χ0) is 13.8. The second kappa shape index (κ2) is 5.82. The molecule has 0 radical (unpaired) electrons. The van der Waals surface area contributed by atoms with Crippen molar-refractivity contribution in [1.82, 2.24) is 0 Å². The lowest BCUT2D eigenvalue weighted by atomic mass is 9.90. The number of methoxy groups -OCH3 is 1. The molecule has 18 heavy (non-hydrogen) atoms. The van der Waals surface area contributed by atoms with E-state index in [1.165, 1.54) is 20.1 Å². The number of aliphatic hydroxyl groups is 1. The zero-order valence-electron chi connectivity index (χ0n) is 10.6. The molecule has 0 bridgehead atoms. The number of hydrogen-bond acceptors (Lipinski definition) is 4. The summed E-state index contributed by atoms with van der Waals surface area (Å²) >= 11 is 0. The number of rotatable bonds is 5. The molecule has 100 valence electrons. The number of halogens is 1. The Hall–Kier alpha value is -1.62. The summed E-state index contributed by atoms with van der Waals surface area (Å²) in [5.41, 5.74) is -1.80. The molecule has 1 aromatic rings. The molecule has 0 aromatic heterocycles. The van der Waals surface area contributed by atoms with Crippen molar-refractivity contribution in [2.75, 3.05) is 13.7 Å². The van der Waals surface area contributed by atoms with E-state index >= 15 is 0 Å². The van der Waals surface area contributed by atoms with Crippen molar-refractivity contribution in [2.45, 2.75) is 25.6 Å². The first-order valence-corrected chi connectivity index (χ1v) is 5.61. The molecule has 4 nitrogen and oxygen atoms in total. The number of hydrogen-bond donors (Lipinski definition) is 1. The summed E-state index contributed by atoms with van der Waals surface area (Å²) < 4.78 is 23.6. The van der Waals surface area contributed by atoms with Crippen LogP contribution in [0.25, 0.3) is 0 Å². The molecule has 0 heterocycles. The summed E-state index contributed by atoms with van der Waals surface area (Å²) in [6, 6.07) is 6.41. The number of benzene rings is 1. The van der Waals surface area contributed by atoms with E-state index in [9.17, 15) is 14.3 Å². The Balaban J connectivity index is 3.08. The number of carbonyl (C=O) groups excluding carboxylic acids is 1. The number of alkyl halides is 1. The lowest BCUT2D eigenvalue weighted by Gasteiger charge is -2.27. The lowest BCUT2D eigenvalue weighted by Crippen LogP contribution is -2.40. The summed E-state index contributed by atoms with van der Waals surface area (Å²) in [5.74, 6) is -0.775. The Kier molecular flexibility index (Phi) is 4.67. The number of ether oxygens (including phenoxy) is 2. The highest BCUT2D eigenvalue weighted by atomic mass is 19.1. The van der Waals surface area contributed by atoms with Crippen LogP contribution in [-0.2, 0) is 15.1 Å². The average molecular weight is 256 g/mol. The Morgan fingerprint density at radius 2 is 2.11 bits per heavy atom. The molecular formula is C13H17FO4. The second-order valence-corrected chi connectivity index (χ2v) is 3.96. The topological polar surface area (TPSA) is 55.8 Å². The van der Waals surface area contributed by atoms with Gasteiger partial charge >= 0.3 is 5.97 Å². The van der Waals surface area contributed by atoms with Crippen LogP contribution < -0.4 is 4.74 Å². The quantitative estimate of drug-likeness (QED) is 0.816. The van der Waals surface area contributed by atoms with E-state index in [1.54, 1.807) is 25.1 Å². The summed E-state index contributed by atoms with van der Waals surface area (Å²) in [4.78, 5) is 11.4. The zero-order valence-corrected chi connectivity index (χ0v) is 10.6. The first-order chi connectivity index (χ1) is 8.45. The molecule has 2 atom stereocenters. The largest absolute Gasteiger partial charge is 0.496 e. The molecule has 0 fully saturated rings. The fraction of sp³-hybridized carbons (Fsp3) is 0.462. The normalized spacial score (nSPS) is 15.6. The predicted molar refractivity (Wildman–Crippen MR) is 64.1 cm³/mol. The first kappa shape index (κ1) is 14.4. The Bertz CT molecular complexity index is 417. The minimum absolute atomic E-state index is 0.0568. The SMILES string of the molecule is CCOC(=O)C(F)C(C)(O)c1ccccc1OC. The van der Waals surface area contributed by atoms with E-state index < -0.39 is 17.7 Å². The van der Waals surface area contributed by atoms with Gasteiger partial charge in [0, 0.05) is 5.56 Å². The predicted octanol–water partition coefficient (Wildman–Crippen LogP) is 1.80. The molecular weight excluding hydrogens is 239 g/mol. The molecule has 1 aromatic carbocycles. The van der Waals surface area contributed by atoms with Crippen LogP contribution in [0, 0.1) is 0 Å². The van der Waals surface area contributed by atoms with Crippen LogP contribution in [0.3, 0.4) is 0 Å². The molecule has 5 heteroatoms. The van der Waals surface area contributed by atoms with E-state index in [4.69, 9.17) is 4.74 Å². The van der Waals surface area contributed by atoms with Gasteiger partial charge in [0.05, 0.1) is 13.7 Å². The Morgan fingerprint density at radius 1 is 1.50 bits per heavy atom. The van der Waals surface area contributed by atoms with Crippen LogP contribution in [0.15, 0.2) is 24.3 Å². The monoisotopic (exact) mass is 256 g/mol. The third-order valence-electron chi connectivity index (χ3n) is 2.64. The van der Waals surface area contributed by atoms with Gasteiger partial charge in [-0.1, -0.05) is 18.2 Å². The third-order valence-corrected chi connectivity index (χ3v) is 2.64. The van der Waals surface area contributed by atoms with Crippen LogP contribution in [0.5, 0.6) is 5.75 Å². The van der Waals surface area contributed by atoms with Crippen molar-refractivity contribution in [1.29, 1.82) is 0 Å². The van der Waals surface area contributed by atoms with Gasteiger partial charge in [0.15, 0.2) is 0 Å². The van der Waals surface area contributed by atoms with Gasteiger partial charge in [-0.15, -0.1) is 0 Å². The lowest BCUT2D eigenvalue weighted by molar-refractivity contribution is -0.160. The van der Waals surface area contributed by atoms with E-state index in [-0.39, 0.29) is 12.2 Å². The van der Waals surface area contributed by atoms with Crippen LogP contribution in [-0.4, -0.2) is 31.0 Å². The number of esters is 1. The third kappa shape index (κ3) is 2.79. The summed E-state index contributed by atoms with van der Waals surface area (Å²) in [6.45, 7) is 2.84. The summed E-state index contributed by atoms with van der Waals surface area (Å²) in [7, 11) is 1.41. The van der Waals surface area contributed by atoms with Crippen LogP contribution in [0.4, 0.5) is 4.39 Å². The highest BCUT2D eigenvalue weighted by molar-refractivity contribution is 5.76. The van der Waals surface area contributed by atoms with Gasteiger partial charge in [0.1, 0.15) is 11.4 Å². The van der Waals surface area contributed by atoms with E-state index in [1.807, 2.05) is 0 Å². The molecule has 0 aliphatic carbocycles. The van der Waals surface area contributed by atoms with Crippen molar-refractivity contribution in [3.8, 4) is 5.75 Å². The van der Waals surface area contributed by atoms with E-state index in [2.05, 4.69) is 4.74 Å². The Morgan fingerprint density at radius 3 is 2.67 bits per heavy atom. The maximum atomic E-state index is 14.0. The van der Waals surface area contributed by atoms with Crippen LogP contribution in [0.1, 0.15) is 19.4 Å². The summed E-state index contributed by atoms with van der Waals surface area (Å²) in [6.07, 6.45) is -2.17. The van der Waals surface area contributed by atoms with Gasteiger partial charge in [0.2, 0.25) is 6.17 Å². The number of carbonyl (C=O) groups is 1. The van der Waals surface area contributed by atoms with Gasteiger partial charge in [-0.2, -0.15) is 0 Å². The molecule has 1 rings (SSSR count). The van der Waals surface area contributed by atoms with Crippen molar-refractivity contribution >= 4 is 5.97 Å². The van der Waals surface area contributed by atoms with Gasteiger partial charge in [-0.05, 0) is 19.9 Å². The molecule has 0 saturated heterocycles. The highest BCUT2D eigenvalue weighted by Crippen LogP contribution is 2.34. The molecule has 0 aliphatic rings. The van der Waals surface area contributed by atoms with Gasteiger partial charge in [-0.3, -0.25) is 0 Å². The highest BCUT2D eigenvalue weighted by Gasteiger charge is 2.42. The molecule has 0 amide bonds. The average Bonchev–Trinajstić information content (AvgIpc) is 2.38. The molecule has 1 N–H and O–H groups in total. The minimum atomic E-state index is -2.17. The second-order valence-electron chi connectivity index (χ2n) is 3.96. The molecule has 0 saturated carbocycles. The fourth-order valence-corrected chi connectivity index (χ4v) is 1.64. The number of para-hydroxylation sites is 1. The van der Waals surface area contributed by atoms with Crippen molar-refractivity contribution in [3.05, 3.63) is 29.8 Å². The van der Waals surface area contributed by atoms with Gasteiger partial charge in [0.25, 0.3) is 0 Å². The van der Waals surface area contributed by atoms with Crippen molar-refractivity contribution < 1.29 is 23.8 Å². The van der Waals surface area contributed by atoms with Crippen LogP contribution in [0.2, 0.25) is 0 Å². The van der Waals surface area contributed by atoms with Crippen LogP contribution >= 0.6 is 0 Å². The fourth-order valence-electron chi connectivity index (χ4n) is 1.64. The molecule has 2 unspecified atom stereocenters. The maximum Gasteiger partial charge on any atom is 0.344 e. The van der Waals surface area contributed by atoms with Gasteiger partial charge in [-0.25, -0.2) is 9.18 Å². The van der Waals surface area contributed by atoms with Crippen molar-refractivity contribution in [2.24, 2.45) is 0 Å². The van der Waals surface area contributed by atoms with Crippen molar-refractivity contribution in [3.63, 3.8) is 0 Å². The minimum Gasteiger partial charge on any atom is -0.496 e. The maximum absolute atomic E-state index is 14.0. The molecule has 0 spiro atoms. The Labute approximate surface area is 105 Å². The van der Waals surface area contributed by atoms with Gasteiger partial charge < -0.3 is 14.6 Å². The van der Waals surface area contributed by atoms with E-state index in [0.29, 0.717) is 5.75 Å².